The van der Waals surface area contributed by atoms with Crippen LogP contribution in [0.15, 0.2) is 42.3 Å². The number of rotatable bonds is 4. The molecule has 1 aromatic rings. The van der Waals surface area contributed by atoms with Gasteiger partial charge in [-0.1, -0.05) is 18.2 Å². The van der Waals surface area contributed by atoms with Crippen molar-refractivity contribution in [1.82, 2.24) is 0 Å². The summed E-state index contributed by atoms with van der Waals surface area (Å²) in [6, 6.07) is 5.71. The van der Waals surface area contributed by atoms with Gasteiger partial charge in [0.05, 0.1) is 21.3 Å². The molecule has 0 aliphatic carbocycles. The van der Waals surface area contributed by atoms with Crippen LogP contribution < -0.4 is 20.1 Å². The lowest BCUT2D eigenvalue weighted by molar-refractivity contribution is -0.106. The van der Waals surface area contributed by atoms with E-state index in [-0.39, 0.29) is 6.41 Å². The average molecular weight is 292 g/mol. The SMILES string of the molecule is COC1=CC=CCN1c1c(OC)cccc1OC.NC=O. The number of anilines is 1. The number of carbonyl (C=O) groups is 1. The third-order valence-electron chi connectivity index (χ3n) is 2.81. The lowest BCUT2D eigenvalue weighted by atomic mass is 10.2. The van der Waals surface area contributed by atoms with Crippen LogP contribution in [-0.4, -0.2) is 34.3 Å². The highest BCUT2D eigenvalue weighted by atomic mass is 16.5. The van der Waals surface area contributed by atoms with Crippen LogP contribution in [0, 0.1) is 0 Å². The fourth-order valence-electron chi connectivity index (χ4n) is 1.97. The summed E-state index contributed by atoms with van der Waals surface area (Å²) in [4.78, 5) is 10.6. The fraction of sp³-hybridized carbons (Fsp3) is 0.267. The van der Waals surface area contributed by atoms with E-state index >= 15 is 0 Å². The Kier molecular flexibility index (Phi) is 6.67. The number of hydrogen-bond donors (Lipinski definition) is 1. The Morgan fingerprint density at radius 1 is 1.14 bits per heavy atom. The number of primary amides is 1. The minimum atomic E-state index is 0.250. The summed E-state index contributed by atoms with van der Waals surface area (Å²) in [5.41, 5.74) is 5.04. The van der Waals surface area contributed by atoms with E-state index in [9.17, 15) is 0 Å². The van der Waals surface area contributed by atoms with Crippen LogP contribution in [0.2, 0.25) is 0 Å². The summed E-state index contributed by atoms with van der Waals surface area (Å²) in [5.74, 6) is 2.28. The molecule has 1 aliphatic rings. The summed E-state index contributed by atoms with van der Waals surface area (Å²) in [7, 11) is 4.95. The Hall–Kier alpha value is -2.63. The number of amides is 1. The molecule has 1 aliphatic heterocycles. The number of methoxy groups -OCH3 is 3. The van der Waals surface area contributed by atoms with Crippen molar-refractivity contribution in [3.8, 4) is 11.5 Å². The Balaban J connectivity index is 0.000000677. The first-order valence-electron chi connectivity index (χ1n) is 6.28. The molecule has 0 unspecified atom stereocenters. The number of nitrogens with zero attached hydrogens (tertiary/aromatic N) is 1. The second kappa shape index (κ2) is 8.52. The highest BCUT2D eigenvalue weighted by molar-refractivity contribution is 5.71. The molecular formula is C15H20N2O4. The predicted molar refractivity (Wildman–Crippen MR) is 81.4 cm³/mol. The number of carbonyl (C=O) groups excluding carboxylic acids is 1. The van der Waals surface area contributed by atoms with Crippen molar-refractivity contribution >= 4 is 12.1 Å². The van der Waals surface area contributed by atoms with E-state index in [0.29, 0.717) is 0 Å². The zero-order valence-corrected chi connectivity index (χ0v) is 12.4. The molecule has 114 valence electrons. The van der Waals surface area contributed by atoms with E-state index in [1.807, 2.05) is 35.3 Å². The monoisotopic (exact) mass is 292 g/mol. The minimum absolute atomic E-state index is 0.250. The molecule has 0 spiro atoms. The van der Waals surface area contributed by atoms with Crippen molar-refractivity contribution in [2.45, 2.75) is 0 Å². The Morgan fingerprint density at radius 3 is 2.19 bits per heavy atom. The van der Waals surface area contributed by atoms with E-state index in [0.717, 1.165) is 29.6 Å². The van der Waals surface area contributed by atoms with Crippen LogP contribution in [0.1, 0.15) is 0 Å². The number of allylic oxidation sites excluding steroid dienone is 2. The van der Waals surface area contributed by atoms with Gasteiger partial charge in [-0.3, -0.25) is 4.79 Å². The van der Waals surface area contributed by atoms with Gasteiger partial charge in [-0.2, -0.15) is 0 Å². The maximum absolute atomic E-state index is 8.58. The largest absolute Gasteiger partial charge is 0.494 e. The first kappa shape index (κ1) is 16.4. The van der Waals surface area contributed by atoms with Crippen molar-refractivity contribution in [3.05, 3.63) is 42.3 Å². The number of para-hydroxylation sites is 1. The van der Waals surface area contributed by atoms with Gasteiger partial charge in [-0.25, -0.2) is 0 Å². The fourth-order valence-corrected chi connectivity index (χ4v) is 1.97. The second-order valence-electron chi connectivity index (χ2n) is 3.90. The van der Waals surface area contributed by atoms with Crippen molar-refractivity contribution in [3.63, 3.8) is 0 Å². The van der Waals surface area contributed by atoms with Gasteiger partial charge in [-0.15, -0.1) is 0 Å². The highest BCUT2D eigenvalue weighted by Gasteiger charge is 2.21. The van der Waals surface area contributed by atoms with Gasteiger partial charge in [0, 0.05) is 6.54 Å². The predicted octanol–water partition coefficient (Wildman–Crippen LogP) is 1.67. The third-order valence-corrected chi connectivity index (χ3v) is 2.81. The van der Waals surface area contributed by atoms with Crippen LogP contribution in [-0.2, 0) is 9.53 Å². The van der Waals surface area contributed by atoms with E-state index in [1.165, 1.54) is 0 Å². The van der Waals surface area contributed by atoms with Crippen LogP contribution in [0.4, 0.5) is 5.69 Å². The second-order valence-corrected chi connectivity index (χ2v) is 3.90. The number of hydrogen-bond acceptors (Lipinski definition) is 5. The van der Waals surface area contributed by atoms with Crippen molar-refractivity contribution in [2.24, 2.45) is 5.73 Å². The van der Waals surface area contributed by atoms with Crippen molar-refractivity contribution < 1.29 is 19.0 Å². The molecule has 21 heavy (non-hydrogen) atoms. The molecule has 0 fully saturated rings. The van der Waals surface area contributed by atoms with Gasteiger partial charge < -0.3 is 24.8 Å². The lowest BCUT2D eigenvalue weighted by Crippen LogP contribution is -2.26. The molecule has 2 rings (SSSR count). The Labute approximate surface area is 124 Å². The molecule has 6 heteroatoms. The summed E-state index contributed by atoms with van der Waals surface area (Å²) in [6.07, 6.45) is 6.18. The smallest absolute Gasteiger partial charge is 0.204 e. The summed E-state index contributed by atoms with van der Waals surface area (Å²) >= 11 is 0. The molecule has 1 heterocycles. The number of nitrogens with two attached hydrogens (primary N) is 1. The number of benzene rings is 1. The van der Waals surface area contributed by atoms with Gasteiger partial charge in [0.2, 0.25) is 6.41 Å². The highest BCUT2D eigenvalue weighted by Crippen LogP contribution is 2.40. The average Bonchev–Trinajstić information content (AvgIpc) is 2.54. The lowest BCUT2D eigenvalue weighted by Gasteiger charge is -2.29. The van der Waals surface area contributed by atoms with Gasteiger partial charge in [-0.05, 0) is 18.2 Å². The first-order valence-corrected chi connectivity index (χ1v) is 6.28. The molecule has 0 bridgehead atoms. The van der Waals surface area contributed by atoms with E-state index in [4.69, 9.17) is 19.0 Å². The van der Waals surface area contributed by atoms with Gasteiger partial charge in [0.25, 0.3) is 0 Å². The van der Waals surface area contributed by atoms with Crippen molar-refractivity contribution in [2.75, 3.05) is 32.8 Å². The molecule has 1 aromatic carbocycles. The third kappa shape index (κ3) is 3.92. The van der Waals surface area contributed by atoms with Crippen LogP contribution in [0.25, 0.3) is 0 Å². The Bertz CT molecular complexity index is 504. The summed E-state index contributed by atoms with van der Waals surface area (Å²) in [5, 5.41) is 0. The molecule has 0 saturated carbocycles. The normalized spacial score (nSPS) is 12.7. The molecule has 0 saturated heterocycles. The van der Waals surface area contributed by atoms with E-state index in [2.05, 4.69) is 11.8 Å². The molecule has 0 atom stereocenters. The molecule has 6 nitrogen and oxygen atoms in total. The van der Waals surface area contributed by atoms with Crippen molar-refractivity contribution in [1.29, 1.82) is 0 Å². The van der Waals surface area contributed by atoms with Gasteiger partial charge in [0.15, 0.2) is 5.88 Å². The maximum atomic E-state index is 8.58. The summed E-state index contributed by atoms with van der Waals surface area (Å²) < 4.78 is 16.2. The van der Waals surface area contributed by atoms with E-state index in [1.54, 1.807) is 21.3 Å². The topological polar surface area (TPSA) is 74.0 Å². The zero-order chi connectivity index (χ0) is 15.7. The molecule has 2 N–H and O–H groups in total. The summed E-state index contributed by atoms with van der Waals surface area (Å²) in [6.45, 7) is 0.719. The van der Waals surface area contributed by atoms with Crippen LogP contribution in [0.5, 0.6) is 11.5 Å². The Morgan fingerprint density at radius 2 is 1.71 bits per heavy atom. The van der Waals surface area contributed by atoms with Gasteiger partial charge >= 0.3 is 0 Å². The zero-order valence-electron chi connectivity index (χ0n) is 12.4. The van der Waals surface area contributed by atoms with E-state index < -0.39 is 0 Å². The van der Waals surface area contributed by atoms with Gasteiger partial charge in [0.1, 0.15) is 17.2 Å². The van der Waals surface area contributed by atoms with Crippen LogP contribution >= 0.6 is 0 Å². The first-order chi connectivity index (χ1) is 10.2. The standard InChI is InChI=1S/C14H17NO3.CH3NO/c1-16-11-7-6-8-12(17-2)14(11)15-10-5-4-9-13(15)18-3;2-1-3/h4-9H,10H2,1-3H3;1H,(H2,2,3). The molecular weight excluding hydrogens is 272 g/mol. The van der Waals surface area contributed by atoms with Crippen LogP contribution in [0.3, 0.4) is 0 Å². The minimum Gasteiger partial charge on any atom is -0.494 e. The molecule has 0 aromatic heterocycles. The maximum Gasteiger partial charge on any atom is 0.204 e. The quantitative estimate of drug-likeness (QED) is 0.854. The molecule has 1 amide bonds. The molecule has 0 radical (unpaired) electrons. The number of ether oxygens (including phenoxy) is 3.